The smallest absolute Gasteiger partial charge is 0.0521 e. The first kappa shape index (κ1) is 14.1. The maximum Gasteiger partial charge on any atom is 0.0521 e. The lowest BCUT2D eigenvalue weighted by Crippen LogP contribution is -2.26. The van der Waals surface area contributed by atoms with Crippen molar-refractivity contribution in [1.82, 2.24) is 9.78 Å². The van der Waals surface area contributed by atoms with Crippen LogP contribution in [0.15, 0.2) is 12.4 Å². The Labute approximate surface area is 119 Å². The van der Waals surface area contributed by atoms with Gasteiger partial charge >= 0.3 is 0 Å². The molecule has 3 atom stereocenters. The molecule has 1 saturated carbocycles. The van der Waals surface area contributed by atoms with Gasteiger partial charge in [0.05, 0.1) is 6.20 Å². The van der Waals surface area contributed by atoms with Crippen LogP contribution in [0.5, 0.6) is 0 Å². The van der Waals surface area contributed by atoms with Crippen LogP contribution in [-0.2, 0) is 13.0 Å². The molecule has 2 rings (SSSR count). The van der Waals surface area contributed by atoms with Crippen LogP contribution >= 0.6 is 15.9 Å². The molecule has 18 heavy (non-hydrogen) atoms. The number of hydrogen-bond donors (Lipinski definition) is 0. The van der Waals surface area contributed by atoms with E-state index in [-0.39, 0.29) is 0 Å². The molecule has 3 unspecified atom stereocenters. The van der Waals surface area contributed by atoms with E-state index in [0.29, 0.717) is 4.83 Å². The molecule has 1 heterocycles. The van der Waals surface area contributed by atoms with Crippen LogP contribution < -0.4 is 0 Å². The van der Waals surface area contributed by atoms with Crippen LogP contribution in [0.25, 0.3) is 0 Å². The van der Waals surface area contributed by atoms with Gasteiger partial charge in [-0.1, -0.05) is 35.7 Å². The molecular formula is C15H25BrN2. The first-order valence-corrected chi connectivity index (χ1v) is 8.29. The van der Waals surface area contributed by atoms with Gasteiger partial charge in [0.1, 0.15) is 0 Å². The minimum atomic E-state index is 0.704. The van der Waals surface area contributed by atoms with Crippen molar-refractivity contribution in [1.29, 1.82) is 0 Å². The Morgan fingerprint density at radius 2 is 2.22 bits per heavy atom. The predicted molar refractivity (Wildman–Crippen MR) is 80.1 cm³/mol. The van der Waals surface area contributed by atoms with Crippen molar-refractivity contribution in [3.8, 4) is 0 Å². The van der Waals surface area contributed by atoms with E-state index in [1.807, 2.05) is 10.9 Å². The fourth-order valence-corrected chi connectivity index (χ4v) is 3.86. The Morgan fingerprint density at radius 1 is 1.39 bits per heavy atom. The first-order chi connectivity index (χ1) is 8.72. The number of halogens is 1. The topological polar surface area (TPSA) is 17.8 Å². The molecule has 1 fully saturated rings. The van der Waals surface area contributed by atoms with Gasteiger partial charge in [-0.05, 0) is 50.0 Å². The standard InChI is InChI=1S/C15H25BrN2/c1-3-5-12-6-7-15(16)14(8-12)9-13-10-17-18(4-2)11-13/h10-12,14-15H,3-9H2,1-2H3. The highest BCUT2D eigenvalue weighted by atomic mass is 79.9. The van der Waals surface area contributed by atoms with Crippen LogP contribution in [0.4, 0.5) is 0 Å². The summed E-state index contributed by atoms with van der Waals surface area (Å²) in [6.07, 6.45) is 12.3. The van der Waals surface area contributed by atoms with Gasteiger partial charge < -0.3 is 0 Å². The van der Waals surface area contributed by atoms with Crippen molar-refractivity contribution >= 4 is 15.9 Å². The average molecular weight is 313 g/mol. The summed E-state index contributed by atoms with van der Waals surface area (Å²) < 4.78 is 2.03. The van der Waals surface area contributed by atoms with Crippen molar-refractivity contribution < 1.29 is 0 Å². The van der Waals surface area contributed by atoms with E-state index in [9.17, 15) is 0 Å². The zero-order chi connectivity index (χ0) is 13.0. The third kappa shape index (κ3) is 3.59. The molecule has 1 aliphatic rings. The summed E-state index contributed by atoms with van der Waals surface area (Å²) in [4.78, 5) is 0.704. The third-order valence-electron chi connectivity index (χ3n) is 4.20. The van der Waals surface area contributed by atoms with Gasteiger partial charge in [0, 0.05) is 17.6 Å². The largest absolute Gasteiger partial charge is 0.273 e. The molecule has 1 aromatic heterocycles. The van der Waals surface area contributed by atoms with Crippen LogP contribution in [0.1, 0.15) is 51.5 Å². The summed E-state index contributed by atoms with van der Waals surface area (Å²) in [6.45, 7) is 5.42. The number of hydrogen-bond acceptors (Lipinski definition) is 1. The highest BCUT2D eigenvalue weighted by Gasteiger charge is 2.28. The third-order valence-corrected chi connectivity index (χ3v) is 5.41. The normalized spacial score (nSPS) is 28.5. The van der Waals surface area contributed by atoms with E-state index < -0.39 is 0 Å². The molecule has 2 nitrogen and oxygen atoms in total. The molecule has 0 aromatic carbocycles. The van der Waals surface area contributed by atoms with E-state index in [1.54, 1.807) is 0 Å². The summed E-state index contributed by atoms with van der Waals surface area (Å²) in [5.74, 6) is 1.75. The summed E-state index contributed by atoms with van der Waals surface area (Å²) in [5, 5.41) is 4.38. The lowest BCUT2D eigenvalue weighted by Gasteiger charge is -2.33. The molecule has 0 aliphatic heterocycles. The van der Waals surface area contributed by atoms with Crippen LogP contribution in [0.2, 0.25) is 0 Å². The quantitative estimate of drug-likeness (QED) is 0.736. The van der Waals surface area contributed by atoms with Crippen molar-refractivity contribution in [2.45, 2.75) is 63.7 Å². The molecule has 3 heteroatoms. The van der Waals surface area contributed by atoms with Crippen molar-refractivity contribution in [3.05, 3.63) is 18.0 Å². The number of nitrogens with zero attached hydrogens (tertiary/aromatic N) is 2. The minimum absolute atomic E-state index is 0.704. The number of aryl methyl sites for hydroxylation is 1. The SMILES string of the molecule is CCCC1CCC(Br)C(Cc2cnn(CC)c2)C1. The fourth-order valence-electron chi connectivity index (χ4n) is 3.19. The molecule has 0 amide bonds. The van der Waals surface area contributed by atoms with Gasteiger partial charge in [-0.3, -0.25) is 4.68 Å². The molecule has 1 aromatic rings. The lowest BCUT2D eigenvalue weighted by molar-refractivity contribution is 0.263. The second-order valence-corrected chi connectivity index (χ2v) is 6.83. The summed E-state index contributed by atoms with van der Waals surface area (Å²) in [6, 6.07) is 0. The molecule has 0 N–H and O–H groups in total. The van der Waals surface area contributed by atoms with Gasteiger partial charge in [-0.2, -0.15) is 5.10 Å². The van der Waals surface area contributed by atoms with Gasteiger partial charge in [0.25, 0.3) is 0 Å². The van der Waals surface area contributed by atoms with Crippen molar-refractivity contribution in [2.75, 3.05) is 0 Å². The molecule has 0 bridgehead atoms. The van der Waals surface area contributed by atoms with E-state index in [4.69, 9.17) is 0 Å². The monoisotopic (exact) mass is 312 g/mol. The average Bonchev–Trinajstić information content (AvgIpc) is 2.81. The number of rotatable bonds is 5. The van der Waals surface area contributed by atoms with Crippen LogP contribution in [0, 0.1) is 11.8 Å². The second kappa shape index (κ2) is 6.74. The molecule has 0 radical (unpaired) electrons. The minimum Gasteiger partial charge on any atom is -0.273 e. The summed E-state index contributed by atoms with van der Waals surface area (Å²) >= 11 is 3.89. The highest BCUT2D eigenvalue weighted by Crippen LogP contribution is 2.37. The molecule has 0 saturated heterocycles. The number of aromatic nitrogens is 2. The molecular weight excluding hydrogens is 288 g/mol. The zero-order valence-electron chi connectivity index (χ0n) is 11.6. The Bertz CT molecular complexity index is 361. The maximum atomic E-state index is 4.38. The van der Waals surface area contributed by atoms with Gasteiger partial charge in [-0.25, -0.2) is 0 Å². The summed E-state index contributed by atoms with van der Waals surface area (Å²) in [5.41, 5.74) is 1.41. The fraction of sp³-hybridized carbons (Fsp3) is 0.800. The van der Waals surface area contributed by atoms with E-state index >= 15 is 0 Å². The lowest BCUT2D eigenvalue weighted by atomic mass is 9.77. The summed E-state index contributed by atoms with van der Waals surface area (Å²) in [7, 11) is 0. The zero-order valence-corrected chi connectivity index (χ0v) is 13.2. The van der Waals surface area contributed by atoms with Crippen molar-refractivity contribution in [2.24, 2.45) is 11.8 Å². The molecule has 0 spiro atoms. The van der Waals surface area contributed by atoms with Crippen LogP contribution in [-0.4, -0.2) is 14.6 Å². The highest BCUT2D eigenvalue weighted by molar-refractivity contribution is 9.09. The van der Waals surface area contributed by atoms with Gasteiger partial charge in [0.2, 0.25) is 0 Å². The molecule has 1 aliphatic carbocycles. The predicted octanol–water partition coefficient (Wildman–Crippen LogP) is 4.43. The van der Waals surface area contributed by atoms with E-state index in [0.717, 1.165) is 18.4 Å². The van der Waals surface area contributed by atoms with Gasteiger partial charge in [0.15, 0.2) is 0 Å². The Kier molecular flexibility index (Phi) is 5.28. The molecule has 102 valence electrons. The maximum absolute atomic E-state index is 4.38. The van der Waals surface area contributed by atoms with Gasteiger partial charge in [-0.15, -0.1) is 0 Å². The Hall–Kier alpha value is -0.310. The Balaban J connectivity index is 1.93. The first-order valence-electron chi connectivity index (χ1n) is 7.38. The van der Waals surface area contributed by atoms with E-state index in [1.165, 1.54) is 44.1 Å². The second-order valence-electron chi connectivity index (χ2n) is 5.65. The van der Waals surface area contributed by atoms with E-state index in [2.05, 4.69) is 41.1 Å². The van der Waals surface area contributed by atoms with Crippen LogP contribution in [0.3, 0.4) is 0 Å². The Morgan fingerprint density at radius 3 is 2.89 bits per heavy atom. The number of alkyl halides is 1. The van der Waals surface area contributed by atoms with Crippen molar-refractivity contribution in [3.63, 3.8) is 0 Å².